The standard InChI is InChI=1S/C14H18O4/c1-14(2,3)11-6-4-10(5-7-11)8-13(17)18-9-12(15)16/h4-7H,8-9H2,1-3H3,(H,15,16). The zero-order valence-electron chi connectivity index (χ0n) is 10.9. The van der Waals surface area contributed by atoms with Crippen LogP contribution in [0.25, 0.3) is 0 Å². The van der Waals surface area contributed by atoms with E-state index in [-0.39, 0.29) is 11.8 Å². The topological polar surface area (TPSA) is 63.6 Å². The van der Waals surface area contributed by atoms with Crippen LogP contribution in [0.15, 0.2) is 24.3 Å². The summed E-state index contributed by atoms with van der Waals surface area (Å²) in [5.74, 6) is -1.67. The minimum absolute atomic E-state index is 0.0718. The predicted molar refractivity (Wildman–Crippen MR) is 67.4 cm³/mol. The molecule has 0 aliphatic heterocycles. The van der Waals surface area contributed by atoms with Crippen LogP contribution in [0.5, 0.6) is 0 Å². The number of esters is 1. The zero-order valence-corrected chi connectivity index (χ0v) is 10.9. The van der Waals surface area contributed by atoms with E-state index in [1.165, 1.54) is 5.56 Å². The lowest BCUT2D eigenvalue weighted by molar-refractivity contribution is -0.154. The normalized spacial score (nSPS) is 11.1. The highest BCUT2D eigenvalue weighted by atomic mass is 16.5. The van der Waals surface area contributed by atoms with Gasteiger partial charge in [0.2, 0.25) is 0 Å². The van der Waals surface area contributed by atoms with Crippen molar-refractivity contribution < 1.29 is 19.4 Å². The minimum Gasteiger partial charge on any atom is -0.479 e. The van der Waals surface area contributed by atoms with Crippen molar-refractivity contribution in [1.29, 1.82) is 0 Å². The maximum Gasteiger partial charge on any atom is 0.341 e. The summed E-state index contributed by atoms with van der Waals surface area (Å²) in [5, 5.41) is 8.38. The zero-order chi connectivity index (χ0) is 13.8. The van der Waals surface area contributed by atoms with Gasteiger partial charge in [0.15, 0.2) is 6.61 Å². The van der Waals surface area contributed by atoms with Gasteiger partial charge in [0.05, 0.1) is 6.42 Å². The Morgan fingerprint density at radius 3 is 2.17 bits per heavy atom. The van der Waals surface area contributed by atoms with Gasteiger partial charge in [0.1, 0.15) is 0 Å². The molecule has 18 heavy (non-hydrogen) atoms. The van der Waals surface area contributed by atoms with Gasteiger partial charge < -0.3 is 9.84 Å². The molecule has 0 radical (unpaired) electrons. The van der Waals surface area contributed by atoms with E-state index in [1.807, 2.05) is 24.3 Å². The molecule has 0 spiro atoms. The van der Waals surface area contributed by atoms with Crippen LogP contribution in [0.2, 0.25) is 0 Å². The molecule has 0 fully saturated rings. The smallest absolute Gasteiger partial charge is 0.341 e. The van der Waals surface area contributed by atoms with E-state index in [1.54, 1.807) is 0 Å². The number of hydrogen-bond acceptors (Lipinski definition) is 3. The number of carboxylic acid groups (broad SMARTS) is 1. The van der Waals surface area contributed by atoms with Crippen molar-refractivity contribution in [1.82, 2.24) is 0 Å². The number of hydrogen-bond donors (Lipinski definition) is 1. The van der Waals surface area contributed by atoms with Crippen LogP contribution in [0.3, 0.4) is 0 Å². The molecule has 0 heterocycles. The van der Waals surface area contributed by atoms with Crippen LogP contribution in [0, 0.1) is 0 Å². The molecule has 0 aliphatic carbocycles. The van der Waals surface area contributed by atoms with E-state index >= 15 is 0 Å². The Balaban J connectivity index is 2.59. The minimum atomic E-state index is -1.15. The van der Waals surface area contributed by atoms with Crippen LogP contribution >= 0.6 is 0 Å². The molecule has 1 rings (SSSR count). The first-order valence-electron chi connectivity index (χ1n) is 5.76. The lowest BCUT2D eigenvalue weighted by Gasteiger charge is -2.19. The molecule has 4 heteroatoms. The molecule has 0 bridgehead atoms. The largest absolute Gasteiger partial charge is 0.479 e. The number of aliphatic carboxylic acids is 1. The average Bonchev–Trinajstić information content (AvgIpc) is 2.26. The Hall–Kier alpha value is -1.84. The fraction of sp³-hybridized carbons (Fsp3) is 0.429. The lowest BCUT2D eigenvalue weighted by atomic mass is 9.86. The molecule has 4 nitrogen and oxygen atoms in total. The summed E-state index contributed by atoms with van der Waals surface area (Å²) in [6.45, 7) is 5.76. The molecular formula is C14H18O4. The van der Waals surface area contributed by atoms with Gasteiger partial charge in [0.25, 0.3) is 0 Å². The van der Waals surface area contributed by atoms with Crippen molar-refractivity contribution in [3.63, 3.8) is 0 Å². The molecule has 0 saturated heterocycles. The fourth-order valence-corrected chi connectivity index (χ4v) is 1.48. The first-order chi connectivity index (χ1) is 8.29. The van der Waals surface area contributed by atoms with Gasteiger partial charge in [-0.1, -0.05) is 45.0 Å². The molecule has 0 aromatic heterocycles. The highest BCUT2D eigenvalue weighted by Gasteiger charge is 2.13. The summed E-state index contributed by atoms with van der Waals surface area (Å²) in [6.07, 6.45) is 0.0949. The van der Waals surface area contributed by atoms with Gasteiger partial charge in [-0.05, 0) is 16.5 Å². The second-order valence-electron chi connectivity index (χ2n) is 5.18. The summed E-state index contributed by atoms with van der Waals surface area (Å²) in [6, 6.07) is 7.67. The number of carbonyl (C=O) groups excluding carboxylic acids is 1. The second-order valence-corrected chi connectivity index (χ2v) is 5.18. The molecule has 1 aromatic carbocycles. The molecule has 0 unspecified atom stereocenters. The molecule has 98 valence electrons. The number of ether oxygens (including phenoxy) is 1. The van der Waals surface area contributed by atoms with E-state index in [9.17, 15) is 9.59 Å². The Morgan fingerprint density at radius 2 is 1.72 bits per heavy atom. The van der Waals surface area contributed by atoms with Gasteiger partial charge >= 0.3 is 11.9 Å². The van der Waals surface area contributed by atoms with E-state index in [2.05, 4.69) is 25.5 Å². The number of rotatable bonds is 4. The Labute approximate surface area is 107 Å². The van der Waals surface area contributed by atoms with Crippen LogP contribution in [0.1, 0.15) is 31.9 Å². The van der Waals surface area contributed by atoms with Crippen LogP contribution in [-0.4, -0.2) is 23.7 Å². The number of carboxylic acids is 1. The third-order valence-electron chi connectivity index (χ3n) is 2.53. The summed E-state index contributed by atoms with van der Waals surface area (Å²) >= 11 is 0. The molecule has 0 saturated carbocycles. The second kappa shape index (κ2) is 5.67. The summed E-state index contributed by atoms with van der Waals surface area (Å²) in [7, 11) is 0. The summed E-state index contributed by atoms with van der Waals surface area (Å²) in [4.78, 5) is 21.5. The van der Waals surface area contributed by atoms with E-state index in [4.69, 9.17) is 5.11 Å². The van der Waals surface area contributed by atoms with Gasteiger partial charge in [0, 0.05) is 0 Å². The summed E-state index contributed by atoms with van der Waals surface area (Å²) in [5.41, 5.74) is 2.08. The van der Waals surface area contributed by atoms with Crippen molar-refractivity contribution in [2.45, 2.75) is 32.6 Å². The Morgan fingerprint density at radius 1 is 1.17 bits per heavy atom. The van der Waals surface area contributed by atoms with Crippen molar-refractivity contribution >= 4 is 11.9 Å². The van der Waals surface area contributed by atoms with E-state index < -0.39 is 18.5 Å². The molecule has 0 amide bonds. The van der Waals surface area contributed by atoms with Gasteiger partial charge in [-0.2, -0.15) is 0 Å². The monoisotopic (exact) mass is 250 g/mol. The molecule has 0 atom stereocenters. The maximum absolute atomic E-state index is 11.3. The maximum atomic E-state index is 11.3. The number of benzene rings is 1. The van der Waals surface area contributed by atoms with E-state index in [0.717, 1.165) is 5.56 Å². The van der Waals surface area contributed by atoms with Crippen molar-refractivity contribution in [3.8, 4) is 0 Å². The molecular weight excluding hydrogens is 232 g/mol. The van der Waals surface area contributed by atoms with Crippen LogP contribution in [0.4, 0.5) is 0 Å². The quantitative estimate of drug-likeness (QED) is 0.832. The predicted octanol–water partition coefficient (Wildman–Crippen LogP) is 2.15. The van der Waals surface area contributed by atoms with Gasteiger partial charge in [-0.25, -0.2) is 4.79 Å². The SMILES string of the molecule is CC(C)(C)c1ccc(CC(=O)OCC(=O)O)cc1. The highest BCUT2D eigenvalue weighted by molar-refractivity contribution is 5.76. The molecule has 1 N–H and O–H groups in total. The lowest BCUT2D eigenvalue weighted by Crippen LogP contribution is -2.15. The van der Waals surface area contributed by atoms with Crippen LogP contribution < -0.4 is 0 Å². The summed E-state index contributed by atoms with van der Waals surface area (Å²) < 4.78 is 4.57. The van der Waals surface area contributed by atoms with E-state index in [0.29, 0.717) is 0 Å². The third kappa shape index (κ3) is 4.57. The fourth-order valence-electron chi connectivity index (χ4n) is 1.48. The average molecular weight is 250 g/mol. The van der Waals surface area contributed by atoms with Gasteiger partial charge in [-0.15, -0.1) is 0 Å². The molecule has 1 aromatic rings. The Bertz CT molecular complexity index is 426. The first-order valence-corrected chi connectivity index (χ1v) is 5.76. The highest BCUT2D eigenvalue weighted by Crippen LogP contribution is 2.22. The van der Waals surface area contributed by atoms with Crippen molar-refractivity contribution in [3.05, 3.63) is 35.4 Å². The van der Waals surface area contributed by atoms with Crippen molar-refractivity contribution in [2.75, 3.05) is 6.61 Å². The molecule has 0 aliphatic rings. The van der Waals surface area contributed by atoms with Crippen molar-refractivity contribution in [2.24, 2.45) is 0 Å². The Kier molecular flexibility index (Phi) is 4.48. The first kappa shape index (κ1) is 14.2. The van der Waals surface area contributed by atoms with Crippen LogP contribution in [-0.2, 0) is 26.2 Å². The third-order valence-corrected chi connectivity index (χ3v) is 2.53. The van der Waals surface area contributed by atoms with Gasteiger partial charge in [-0.3, -0.25) is 4.79 Å². The number of carbonyl (C=O) groups is 2.